The standard InChI is InChI=1S/C42H57N3O5/c1-7-10-13-16-25-48-35-22-19-32(28-29(35)4)40-43-41(33-20-23-36(30(5)38(33)46)49-26-17-14-11-8-2)45-42(44-40)34-21-24-37(31(6)39(34)47)50-27-18-15-12-9-3/h19-24,28,46-47H,7-18,25-27H2,1-6H3. The molecule has 0 saturated carbocycles. The van der Waals surface area contributed by atoms with Crippen molar-refractivity contribution in [1.29, 1.82) is 0 Å². The molecule has 0 fully saturated rings. The summed E-state index contributed by atoms with van der Waals surface area (Å²) in [5.74, 6) is 3.21. The van der Waals surface area contributed by atoms with Crippen LogP contribution in [0.3, 0.4) is 0 Å². The monoisotopic (exact) mass is 683 g/mol. The number of benzene rings is 3. The van der Waals surface area contributed by atoms with Gasteiger partial charge in [0.2, 0.25) is 0 Å². The van der Waals surface area contributed by atoms with Crippen LogP contribution in [-0.2, 0) is 0 Å². The highest BCUT2D eigenvalue weighted by Crippen LogP contribution is 2.40. The predicted molar refractivity (Wildman–Crippen MR) is 203 cm³/mol. The van der Waals surface area contributed by atoms with Gasteiger partial charge in [0.15, 0.2) is 17.5 Å². The van der Waals surface area contributed by atoms with E-state index in [-0.39, 0.29) is 11.5 Å². The number of nitrogens with zero attached hydrogens (tertiary/aromatic N) is 3. The summed E-state index contributed by atoms with van der Waals surface area (Å²) in [6.07, 6.45) is 13.4. The first kappa shape index (κ1) is 38.5. The summed E-state index contributed by atoms with van der Waals surface area (Å²) >= 11 is 0. The molecule has 0 bridgehead atoms. The lowest BCUT2D eigenvalue weighted by molar-refractivity contribution is 0.301. The lowest BCUT2D eigenvalue weighted by Gasteiger charge is -2.16. The maximum absolute atomic E-state index is 11.4. The summed E-state index contributed by atoms with van der Waals surface area (Å²) in [7, 11) is 0. The van der Waals surface area contributed by atoms with E-state index in [1.807, 2.05) is 51.1 Å². The molecule has 8 heteroatoms. The van der Waals surface area contributed by atoms with E-state index in [1.165, 1.54) is 25.7 Å². The molecule has 0 amide bonds. The fourth-order valence-electron chi connectivity index (χ4n) is 5.87. The Hall–Kier alpha value is -4.33. The molecule has 2 N–H and O–H groups in total. The van der Waals surface area contributed by atoms with Gasteiger partial charge in [0.25, 0.3) is 0 Å². The minimum Gasteiger partial charge on any atom is -0.507 e. The van der Waals surface area contributed by atoms with Crippen molar-refractivity contribution < 1.29 is 24.4 Å². The van der Waals surface area contributed by atoms with Crippen LogP contribution in [0.5, 0.6) is 28.7 Å². The number of unbranched alkanes of at least 4 members (excludes halogenated alkanes) is 9. The molecule has 0 unspecified atom stereocenters. The van der Waals surface area contributed by atoms with Gasteiger partial charge in [-0.25, -0.2) is 15.0 Å². The van der Waals surface area contributed by atoms with Crippen molar-refractivity contribution in [3.63, 3.8) is 0 Å². The number of hydrogen-bond donors (Lipinski definition) is 2. The average Bonchev–Trinajstić information content (AvgIpc) is 3.12. The van der Waals surface area contributed by atoms with Crippen LogP contribution in [0.4, 0.5) is 0 Å². The molecule has 0 aliphatic carbocycles. The molecule has 0 aliphatic rings. The number of phenolic OH excluding ortho intramolecular Hbond substituents is 2. The van der Waals surface area contributed by atoms with Crippen LogP contribution in [-0.4, -0.2) is 45.0 Å². The number of phenols is 2. The Kier molecular flexibility index (Phi) is 15.2. The first-order chi connectivity index (χ1) is 24.3. The molecule has 0 radical (unpaired) electrons. The SMILES string of the molecule is CCCCCCOc1ccc(-c2nc(-c3ccc(OCCCCCC)c(C)c3O)nc(-c3ccc(OCCCCCC)c(C)c3O)n2)cc1C. The highest BCUT2D eigenvalue weighted by molar-refractivity contribution is 5.75. The van der Waals surface area contributed by atoms with Crippen molar-refractivity contribution in [3.05, 3.63) is 59.2 Å². The fraction of sp³-hybridized carbons (Fsp3) is 0.500. The summed E-state index contributed by atoms with van der Waals surface area (Å²) in [4.78, 5) is 14.5. The van der Waals surface area contributed by atoms with Crippen molar-refractivity contribution in [2.75, 3.05) is 19.8 Å². The number of hydrogen-bond acceptors (Lipinski definition) is 8. The number of aromatic hydroxyl groups is 2. The Balaban J connectivity index is 1.71. The maximum Gasteiger partial charge on any atom is 0.167 e. The number of ether oxygens (including phenoxy) is 3. The number of aromatic nitrogens is 3. The Morgan fingerprint density at radius 1 is 0.480 bits per heavy atom. The molecule has 1 heterocycles. The average molecular weight is 684 g/mol. The maximum atomic E-state index is 11.4. The van der Waals surface area contributed by atoms with Gasteiger partial charge in [-0.2, -0.15) is 0 Å². The molecule has 1 aromatic heterocycles. The predicted octanol–water partition coefficient (Wildman–Crippen LogP) is 11.1. The van der Waals surface area contributed by atoms with Crippen LogP contribution in [0.2, 0.25) is 0 Å². The van der Waals surface area contributed by atoms with Crippen LogP contribution < -0.4 is 14.2 Å². The Bertz CT molecular complexity index is 1580. The van der Waals surface area contributed by atoms with Crippen molar-refractivity contribution in [3.8, 4) is 62.9 Å². The van der Waals surface area contributed by atoms with Crippen LogP contribution in [0.1, 0.15) is 115 Å². The van der Waals surface area contributed by atoms with Crippen LogP contribution >= 0.6 is 0 Å². The van der Waals surface area contributed by atoms with Crippen molar-refractivity contribution in [2.24, 2.45) is 0 Å². The quantitative estimate of drug-likeness (QED) is 0.0836. The highest BCUT2D eigenvalue weighted by Gasteiger charge is 2.21. The van der Waals surface area contributed by atoms with E-state index in [0.717, 1.165) is 68.2 Å². The van der Waals surface area contributed by atoms with Crippen molar-refractivity contribution >= 4 is 0 Å². The van der Waals surface area contributed by atoms with E-state index in [9.17, 15) is 10.2 Å². The molecule has 8 nitrogen and oxygen atoms in total. The third-order valence-corrected chi connectivity index (χ3v) is 9.08. The normalized spacial score (nSPS) is 11.2. The molecule has 50 heavy (non-hydrogen) atoms. The molecule has 4 rings (SSSR count). The number of rotatable bonds is 21. The van der Waals surface area contributed by atoms with Gasteiger partial charge in [-0.15, -0.1) is 0 Å². The zero-order valence-electron chi connectivity index (χ0n) is 31.1. The van der Waals surface area contributed by atoms with E-state index in [2.05, 4.69) is 20.8 Å². The van der Waals surface area contributed by atoms with Gasteiger partial charge in [0, 0.05) is 16.7 Å². The second-order valence-electron chi connectivity index (χ2n) is 13.2. The Morgan fingerprint density at radius 2 is 0.880 bits per heavy atom. The van der Waals surface area contributed by atoms with Gasteiger partial charge < -0.3 is 24.4 Å². The summed E-state index contributed by atoms with van der Waals surface area (Å²) < 4.78 is 18.2. The van der Waals surface area contributed by atoms with Crippen LogP contribution in [0, 0.1) is 20.8 Å². The van der Waals surface area contributed by atoms with E-state index in [4.69, 9.17) is 29.2 Å². The van der Waals surface area contributed by atoms with Crippen LogP contribution in [0.15, 0.2) is 42.5 Å². The summed E-state index contributed by atoms with van der Waals surface area (Å²) in [5.41, 5.74) is 3.90. The Labute approximate surface area is 299 Å². The van der Waals surface area contributed by atoms with E-state index in [1.54, 1.807) is 12.1 Å². The van der Waals surface area contributed by atoms with Gasteiger partial charge in [-0.3, -0.25) is 0 Å². The second kappa shape index (κ2) is 19.8. The zero-order valence-corrected chi connectivity index (χ0v) is 31.1. The minimum absolute atomic E-state index is 0.0504. The van der Waals surface area contributed by atoms with Gasteiger partial charge in [-0.1, -0.05) is 78.6 Å². The molecule has 3 aromatic carbocycles. The molecule has 0 saturated heterocycles. The highest BCUT2D eigenvalue weighted by atomic mass is 16.5. The molecule has 4 aromatic rings. The van der Waals surface area contributed by atoms with Crippen molar-refractivity contribution in [1.82, 2.24) is 15.0 Å². The first-order valence-corrected chi connectivity index (χ1v) is 18.7. The molecule has 0 atom stereocenters. The summed E-state index contributed by atoms with van der Waals surface area (Å²) in [6.45, 7) is 14.1. The molecular weight excluding hydrogens is 626 g/mol. The smallest absolute Gasteiger partial charge is 0.167 e. The minimum atomic E-state index is 0.0504. The van der Waals surface area contributed by atoms with Gasteiger partial charge >= 0.3 is 0 Å². The van der Waals surface area contributed by atoms with Gasteiger partial charge in [0.05, 0.1) is 30.9 Å². The van der Waals surface area contributed by atoms with E-state index >= 15 is 0 Å². The third-order valence-electron chi connectivity index (χ3n) is 9.08. The topological polar surface area (TPSA) is 107 Å². The first-order valence-electron chi connectivity index (χ1n) is 18.7. The van der Waals surface area contributed by atoms with Crippen LogP contribution in [0.25, 0.3) is 34.2 Å². The lowest BCUT2D eigenvalue weighted by atomic mass is 10.1. The lowest BCUT2D eigenvalue weighted by Crippen LogP contribution is -2.04. The van der Waals surface area contributed by atoms with Gasteiger partial charge in [0.1, 0.15) is 28.7 Å². The van der Waals surface area contributed by atoms with E-state index < -0.39 is 0 Å². The molecule has 270 valence electrons. The Morgan fingerprint density at radius 3 is 1.30 bits per heavy atom. The fourth-order valence-corrected chi connectivity index (χ4v) is 5.87. The largest absolute Gasteiger partial charge is 0.507 e. The summed E-state index contributed by atoms with van der Waals surface area (Å²) in [5, 5.41) is 22.8. The zero-order chi connectivity index (χ0) is 35.9. The van der Waals surface area contributed by atoms with Crippen molar-refractivity contribution in [2.45, 2.75) is 119 Å². The van der Waals surface area contributed by atoms with E-state index in [0.29, 0.717) is 71.0 Å². The molecule has 0 aliphatic heterocycles. The number of aryl methyl sites for hydroxylation is 1. The molecule has 0 spiro atoms. The second-order valence-corrected chi connectivity index (χ2v) is 13.2. The van der Waals surface area contributed by atoms with Gasteiger partial charge in [-0.05, 0) is 88.1 Å². The molecular formula is C42H57N3O5. The summed E-state index contributed by atoms with van der Waals surface area (Å²) in [6, 6.07) is 13.2. The third kappa shape index (κ3) is 10.3.